The van der Waals surface area contributed by atoms with Crippen molar-refractivity contribution in [2.75, 3.05) is 5.32 Å². The van der Waals surface area contributed by atoms with Crippen LogP contribution in [0.25, 0.3) is 0 Å². The summed E-state index contributed by atoms with van der Waals surface area (Å²) in [7, 11) is 0. The zero-order valence-corrected chi connectivity index (χ0v) is 12.5. The fourth-order valence-electron chi connectivity index (χ4n) is 1.52. The zero-order chi connectivity index (χ0) is 16.0. The van der Waals surface area contributed by atoms with Gasteiger partial charge in [-0.2, -0.15) is 0 Å². The number of aromatic nitrogens is 1. The number of amides is 2. The van der Waals surface area contributed by atoms with Crippen molar-refractivity contribution in [2.45, 2.75) is 39.5 Å². The lowest BCUT2D eigenvalue weighted by Crippen LogP contribution is -2.50. The van der Waals surface area contributed by atoms with E-state index >= 15 is 0 Å². The maximum Gasteiger partial charge on any atom is 0.246 e. The molecule has 0 fully saturated rings. The molecule has 2 amide bonds. The first-order valence-corrected chi connectivity index (χ1v) is 6.77. The van der Waals surface area contributed by atoms with Gasteiger partial charge in [-0.3, -0.25) is 14.6 Å². The molecular formula is C14H22N4O3. The Bertz CT molecular complexity index is 487. The highest BCUT2D eigenvalue weighted by atomic mass is 16.3. The molecule has 0 saturated heterocycles. The molecule has 21 heavy (non-hydrogen) atoms. The van der Waals surface area contributed by atoms with Gasteiger partial charge < -0.3 is 21.5 Å². The number of hydrogen-bond donors (Lipinski definition) is 4. The molecule has 0 aliphatic carbocycles. The molecule has 0 aliphatic heterocycles. The second-order valence-corrected chi connectivity index (χ2v) is 5.19. The average Bonchev–Trinajstić information content (AvgIpc) is 2.46. The van der Waals surface area contributed by atoms with Gasteiger partial charge >= 0.3 is 0 Å². The van der Waals surface area contributed by atoms with Crippen molar-refractivity contribution in [1.82, 2.24) is 10.3 Å². The molecule has 1 rings (SSSR count). The molecule has 0 radical (unpaired) electrons. The van der Waals surface area contributed by atoms with Crippen LogP contribution in [-0.2, 0) is 16.2 Å². The number of anilines is 1. The van der Waals surface area contributed by atoms with E-state index in [0.29, 0.717) is 11.4 Å². The van der Waals surface area contributed by atoms with Gasteiger partial charge in [-0.1, -0.05) is 13.8 Å². The third kappa shape index (κ3) is 5.13. The molecule has 1 aromatic rings. The molecule has 116 valence electrons. The number of nitrogens with one attached hydrogen (secondary N) is 2. The summed E-state index contributed by atoms with van der Waals surface area (Å²) in [6.45, 7) is 5.09. The number of nitrogens with zero attached hydrogens (tertiary/aromatic N) is 1. The van der Waals surface area contributed by atoms with E-state index in [1.54, 1.807) is 19.1 Å². The Balaban J connectivity index is 2.56. The summed E-state index contributed by atoms with van der Waals surface area (Å²) >= 11 is 0. The van der Waals surface area contributed by atoms with Gasteiger partial charge in [0.2, 0.25) is 11.8 Å². The summed E-state index contributed by atoms with van der Waals surface area (Å²) in [4.78, 5) is 27.7. The lowest BCUT2D eigenvalue weighted by molar-refractivity contribution is -0.127. The van der Waals surface area contributed by atoms with Gasteiger partial charge in [0, 0.05) is 0 Å². The van der Waals surface area contributed by atoms with Gasteiger partial charge in [0.05, 0.1) is 30.2 Å². The Hall–Kier alpha value is -1.99. The van der Waals surface area contributed by atoms with Gasteiger partial charge in [0.15, 0.2) is 0 Å². The number of aliphatic hydroxyl groups excluding tert-OH is 1. The minimum absolute atomic E-state index is 0.00418. The topological polar surface area (TPSA) is 117 Å². The van der Waals surface area contributed by atoms with E-state index < -0.39 is 12.1 Å². The van der Waals surface area contributed by atoms with Crippen LogP contribution >= 0.6 is 0 Å². The van der Waals surface area contributed by atoms with Crippen molar-refractivity contribution >= 4 is 17.5 Å². The molecule has 1 aromatic heterocycles. The van der Waals surface area contributed by atoms with E-state index in [9.17, 15) is 9.59 Å². The van der Waals surface area contributed by atoms with E-state index in [-0.39, 0.29) is 24.3 Å². The third-order valence-electron chi connectivity index (χ3n) is 3.03. The largest absolute Gasteiger partial charge is 0.390 e. The van der Waals surface area contributed by atoms with Gasteiger partial charge in [0.25, 0.3) is 0 Å². The van der Waals surface area contributed by atoms with Crippen molar-refractivity contribution in [3.63, 3.8) is 0 Å². The first-order chi connectivity index (χ1) is 9.85. The quantitative estimate of drug-likeness (QED) is 0.589. The number of hydrogen-bond acceptors (Lipinski definition) is 5. The smallest absolute Gasteiger partial charge is 0.246 e. The van der Waals surface area contributed by atoms with E-state index in [4.69, 9.17) is 10.8 Å². The number of carbonyl (C=O) groups excluding carboxylic acids is 2. The first-order valence-electron chi connectivity index (χ1n) is 6.77. The predicted molar refractivity (Wildman–Crippen MR) is 79.2 cm³/mol. The van der Waals surface area contributed by atoms with Gasteiger partial charge in [-0.15, -0.1) is 0 Å². The molecule has 7 nitrogen and oxygen atoms in total. The van der Waals surface area contributed by atoms with Crippen LogP contribution in [0.5, 0.6) is 0 Å². The Kier molecular flexibility index (Phi) is 6.26. The van der Waals surface area contributed by atoms with Crippen LogP contribution in [0, 0.1) is 5.92 Å². The Morgan fingerprint density at radius 3 is 2.43 bits per heavy atom. The fourth-order valence-corrected chi connectivity index (χ4v) is 1.52. The minimum atomic E-state index is -0.709. The molecule has 5 N–H and O–H groups in total. The Labute approximate surface area is 123 Å². The van der Waals surface area contributed by atoms with Crippen molar-refractivity contribution in [3.05, 3.63) is 24.0 Å². The monoisotopic (exact) mass is 294 g/mol. The fraction of sp³-hybridized carbons (Fsp3) is 0.500. The highest BCUT2D eigenvalue weighted by molar-refractivity contribution is 5.97. The van der Waals surface area contributed by atoms with Gasteiger partial charge in [0.1, 0.15) is 6.04 Å². The summed E-state index contributed by atoms with van der Waals surface area (Å²) in [5, 5.41) is 14.1. The van der Waals surface area contributed by atoms with Crippen LogP contribution < -0.4 is 16.4 Å². The minimum Gasteiger partial charge on any atom is -0.390 e. The van der Waals surface area contributed by atoms with E-state index in [1.165, 1.54) is 6.20 Å². The van der Waals surface area contributed by atoms with Gasteiger partial charge in [-0.25, -0.2) is 0 Å². The first kappa shape index (κ1) is 17.1. The van der Waals surface area contributed by atoms with Crippen LogP contribution in [0.1, 0.15) is 26.5 Å². The molecule has 0 aliphatic rings. The molecule has 0 saturated carbocycles. The SMILES string of the molecule is CC(NC(=O)[C@@H](N)C(C)C)C(=O)Nc1ccc(CO)nc1. The lowest BCUT2D eigenvalue weighted by atomic mass is 10.0. The standard InChI is InChI=1S/C14H22N4O3/c1-8(2)12(15)14(21)17-9(3)13(20)18-10-4-5-11(7-19)16-6-10/h4-6,8-9,12,19H,7,15H2,1-3H3,(H,17,21)(H,18,20)/t9?,12-/m0/s1. The maximum atomic E-state index is 12.0. The Morgan fingerprint density at radius 1 is 1.29 bits per heavy atom. The molecule has 7 heteroatoms. The summed E-state index contributed by atoms with van der Waals surface area (Å²) in [6, 6.07) is 1.88. The molecule has 1 unspecified atom stereocenters. The summed E-state index contributed by atoms with van der Waals surface area (Å²) < 4.78 is 0. The lowest BCUT2D eigenvalue weighted by Gasteiger charge is -2.19. The normalized spacial score (nSPS) is 13.6. The zero-order valence-electron chi connectivity index (χ0n) is 12.5. The van der Waals surface area contributed by atoms with Crippen LogP contribution in [0.3, 0.4) is 0 Å². The van der Waals surface area contributed by atoms with Crippen molar-refractivity contribution < 1.29 is 14.7 Å². The Morgan fingerprint density at radius 2 is 1.95 bits per heavy atom. The van der Waals surface area contributed by atoms with Crippen LogP contribution in [0.4, 0.5) is 5.69 Å². The summed E-state index contributed by atoms with van der Waals surface area (Å²) in [5.74, 6) is -0.727. The highest BCUT2D eigenvalue weighted by Gasteiger charge is 2.22. The van der Waals surface area contributed by atoms with Crippen LogP contribution in [0.15, 0.2) is 18.3 Å². The number of carbonyl (C=O) groups is 2. The van der Waals surface area contributed by atoms with E-state index in [1.807, 2.05) is 13.8 Å². The highest BCUT2D eigenvalue weighted by Crippen LogP contribution is 2.07. The molecule has 0 bridgehead atoms. The van der Waals surface area contributed by atoms with Crippen LogP contribution in [-0.4, -0.2) is 34.0 Å². The summed E-state index contributed by atoms with van der Waals surface area (Å²) in [6.07, 6.45) is 1.44. The molecule has 0 spiro atoms. The van der Waals surface area contributed by atoms with Crippen molar-refractivity contribution in [3.8, 4) is 0 Å². The number of aliphatic hydroxyl groups is 1. The average molecular weight is 294 g/mol. The summed E-state index contributed by atoms with van der Waals surface area (Å²) in [5.41, 5.74) is 6.72. The molecular weight excluding hydrogens is 272 g/mol. The second-order valence-electron chi connectivity index (χ2n) is 5.19. The molecule has 2 atom stereocenters. The number of rotatable bonds is 6. The van der Waals surface area contributed by atoms with Gasteiger partial charge in [-0.05, 0) is 25.0 Å². The van der Waals surface area contributed by atoms with Crippen molar-refractivity contribution in [1.29, 1.82) is 0 Å². The second kappa shape index (κ2) is 7.70. The van der Waals surface area contributed by atoms with E-state index in [0.717, 1.165) is 0 Å². The predicted octanol–water partition coefficient (Wildman–Crippen LogP) is 0.000400. The number of nitrogens with two attached hydrogens (primary N) is 1. The number of pyridine rings is 1. The van der Waals surface area contributed by atoms with E-state index in [2.05, 4.69) is 15.6 Å². The van der Waals surface area contributed by atoms with Crippen molar-refractivity contribution in [2.24, 2.45) is 11.7 Å². The van der Waals surface area contributed by atoms with Crippen LogP contribution in [0.2, 0.25) is 0 Å². The maximum absolute atomic E-state index is 12.0. The molecule has 0 aromatic carbocycles. The molecule has 1 heterocycles. The third-order valence-corrected chi connectivity index (χ3v) is 3.03.